The average molecular weight is 598 g/mol. The molecule has 0 aliphatic carbocycles. The fourth-order valence-corrected chi connectivity index (χ4v) is 3.48. The molecule has 0 spiro atoms. The first-order chi connectivity index (χ1) is 20.2. The number of unbranched alkanes of at least 4 members (excludes halogenated alkanes) is 6. The Bertz CT molecular complexity index is 953. The zero-order chi connectivity index (χ0) is 31.2. The van der Waals surface area contributed by atoms with Gasteiger partial charge in [0.15, 0.2) is 11.5 Å². The molecule has 12 nitrogen and oxygen atoms in total. The van der Waals surface area contributed by atoms with Gasteiger partial charge in [-0.15, -0.1) is 0 Å². The van der Waals surface area contributed by atoms with Gasteiger partial charge in [-0.3, -0.25) is 4.79 Å². The maximum atomic E-state index is 12.5. The third-order valence-electron chi connectivity index (χ3n) is 5.81. The van der Waals surface area contributed by atoms with E-state index in [0.29, 0.717) is 18.4 Å². The maximum absolute atomic E-state index is 12.5. The van der Waals surface area contributed by atoms with Crippen LogP contribution in [0.2, 0.25) is 0 Å². The number of rotatable bonds is 20. The van der Waals surface area contributed by atoms with Gasteiger partial charge in [-0.25, -0.2) is 14.4 Å². The third-order valence-corrected chi connectivity index (χ3v) is 5.81. The zero-order valence-corrected chi connectivity index (χ0v) is 25.4. The Labute approximate surface area is 248 Å². The van der Waals surface area contributed by atoms with Crippen molar-refractivity contribution in [3.63, 3.8) is 0 Å². The van der Waals surface area contributed by atoms with E-state index in [1.165, 1.54) is 12.1 Å². The lowest BCUT2D eigenvalue weighted by Gasteiger charge is -2.16. The molecule has 0 saturated carbocycles. The molecule has 1 aromatic rings. The van der Waals surface area contributed by atoms with Crippen LogP contribution < -0.4 is 15.2 Å². The van der Waals surface area contributed by atoms with Gasteiger partial charge in [-0.1, -0.05) is 65.4 Å². The summed E-state index contributed by atoms with van der Waals surface area (Å²) in [6.07, 6.45) is 4.31. The fourth-order valence-electron chi connectivity index (χ4n) is 3.48. The van der Waals surface area contributed by atoms with Crippen LogP contribution >= 0.6 is 0 Å². The molecule has 0 saturated heterocycles. The van der Waals surface area contributed by atoms with E-state index in [1.54, 1.807) is 13.0 Å². The molecule has 2 N–H and O–H groups in total. The third kappa shape index (κ3) is 16.7. The van der Waals surface area contributed by atoms with E-state index in [-0.39, 0.29) is 44.3 Å². The Hall–Kier alpha value is -3.54. The Balaban J connectivity index is 2.75. The van der Waals surface area contributed by atoms with E-state index in [4.69, 9.17) is 38.9 Å². The van der Waals surface area contributed by atoms with Crippen LogP contribution in [0.15, 0.2) is 18.2 Å². The lowest BCUT2D eigenvalue weighted by Crippen LogP contribution is -2.36. The second kappa shape index (κ2) is 22.1. The highest BCUT2D eigenvalue weighted by atomic mass is 16.7. The first-order valence-electron chi connectivity index (χ1n) is 14.8. The molecule has 0 unspecified atom stereocenters. The monoisotopic (exact) mass is 597 g/mol. The van der Waals surface area contributed by atoms with Crippen molar-refractivity contribution in [1.82, 2.24) is 0 Å². The fraction of sp³-hybridized carbons (Fsp3) is 0.667. The molecule has 0 aromatic heterocycles. The van der Waals surface area contributed by atoms with E-state index in [9.17, 15) is 19.2 Å². The molecule has 0 fully saturated rings. The van der Waals surface area contributed by atoms with Gasteiger partial charge in [0.1, 0.15) is 18.8 Å². The Morgan fingerprint density at radius 2 is 1.19 bits per heavy atom. The summed E-state index contributed by atoms with van der Waals surface area (Å²) in [5, 5.41) is 0. The van der Waals surface area contributed by atoms with E-state index >= 15 is 0 Å². The van der Waals surface area contributed by atoms with Crippen LogP contribution in [0.5, 0.6) is 11.5 Å². The minimum absolute atomic E-state index is 0.0111. The second-order valence-electron chi connectivity index (χ2n) is 9.77. The molecule has 1 aromatic carbocycles. The summed E-state index contributed by atoms with van der Waals surface area (Å²) in [4.78, 5) is 48.6. The predicted molar refractivity (Wildman–Crippen MR) is 154 cm³/mol. The first-order valence-corrected chi connectivity index (χ1v) is 14.8. The van der Waals surface area contributed by atoms with Crippen molar-refractivity contribution >= 4 is 24.4 Å². The number of ether oxygens (including phenoxy) is 7. The summed E-state index contributed by atoms with van der Waals surface area (Å²) in [6.45, 7) is 8.08. The molecular formula is C30H47NO11. The van der Waals surface area contributed by atoms with Gasteiger partial charge in [0.05, 0.1) is 19.8 Å². The molecule has 2 atom stereocenters. The number of carbonyl (C=O) groups excluding carboxylic acids is 4. The van der Waals surface area contributed by atoms with Gasteiger partial charge >= 0.3 is 24.4 Å². The normalized spacial score (nSPS) is 12.0. The highest BCUT2D eigenvalue weighted by Crippen LogP contribution is 2.30. The van der Waals surface area contributed by atoms with E-state index in [2.05, 4.69) is 0 Å². The van der Waals surface area contributed by atoms with Crippen molar-refractivity contribution in [2.75, 3.05) is 26.4 Å². The minimum Gasteiger partial charge on any atom is -0.461 e. The van der Waals surface area contributed by atoms with Gasteiger partial charge in [0.25, 0.3) is 0 Å². The summed E-state index contributed by atoms with van der Waals surface area (Å²) < 4.78 is 35.9. The maximum Gasteiger partial charge on any atom is 0.513 e. The van der Waals surface area contributed by atoms with E-state index in [0.717, 1.165) is 44.9 Å². The van der Waals surface area contributed by atoms with Crippen LogP contribution in [-0.4, -0.2) is 63.0 Å². The van der Waals surface area contributed by atoms with Crippen LogP contribution in [0.3, 0.4) is 0 Å². The minimum atomic E-state index is -1.08. The Kier molecular flexibility index (Phi) is 19.2. The van der Waals surface area contributed by atoms with Gasteiger partial charge in [0, 0.05) is 0 Å². The van der Waals surface area contributed by atoms with Gasteiger partial charge in [-0.05, 0) is 50.3 Å². The van der Waals surface area contributed by atoms with Crippen LogP contribution in [0, 0.1) is 0 Å². The van der Waals surface area contributed by atoms with E-state index in [1.807, 2.05) is 20.8 Å². The standard InChI is InChI=1S/C30H47NO11/c1-5-8-11-16-36-28(33)40-22(4)21-39-27(32)24(31)19-23-14-15-25(41-29(34)37-17-12-9-6-2)26(20-23)42-30(35)38-18-13-10-7-3/h14-15,20,22,24H,5-13,16-19,21,31H2,1-4H3/t22-,24-/m0/s1. The molecule has 1 rings (SSSR count). The number of esters is 1. The van der Waals surface area contributed by atoms with Crippen LogP contribution in [0.25, 0.3) is 0 Å². The summed E-state index contributed by atoms with van der Waals surface area (Å²) in [6, 6.07) is 3.30. The lowest BCUT2D eigenvalue weighted by atomic mass is 10.1. The van der Waals surface area contributed by atoms with Crippen molar-refractivity contribution in [3.8, 4) is 11.5 Å². The molecule has 238 valence electrons. The van der Waals surface area contributed by atoms with Crippen LogP contribution in [0.1, 0.15) is 91.0 Å². The van der Waals surface area contributed by atoms with Crippen molar-refractivity contribution < 1.29 is 52.3 Å². The number of carbonyl (C=O) groups is 4. The number of nitrogens with two attached hydrogens (primary N) is 1. The van der Waals surface area contributed by atoms with Crippen LogP contribution in [-0.2, 0) is 34.9 Å². The zero-order valence-electron chi connectivity index (χ0n) is 25.4. The molecule has 42 heavy (non-hydrogen) atoms. The summed E-state index contributed by atoms with van der Waals surface area (Å²) in [5.74, 6) is -0.887. The van der Waals surface area contributed by atoms with Gasteiger partial charge in [0.2, 0.25) is 0 Å². The molecule has 12 heteroatoms. The summed E-state index contributed by atoms with van der Waals surface area (Å²) in [5.41, 5.74) is 6.53. The summed E-state index contributed by atoms with van der Waals surface area (Å²) >= 11 is 0. The predicted octanol–water partition coefficient (Wildman–Crippen LogP) is 6.24. The number of hydrogen-bond donors (Lipinski definition) is 1. The molecule has 0 aliphatic heterocycles. The smallest absolute Gasteiger partial charge is 0.461 e. The van der Waals surface area contributed by atoms with Crippen molar-refractivity contribution in [2.45, 2.75) is 104 Å². The van der Waals surface area contributed by atoms with Crippen molar-refractivity contribution in [2.24, 2.45) is 5.73 Å². The average Bonchev–Trinajstić information content (AvgIpc) is 2.95. The Morgan fingerprint density at radius 3 is 1.71 bits per heavy atom. The van der Waals surface area contributed by atoms with Crippen molar-refractivity contribution in [3.05, 3.63) is 23.8 Å². The molecule has 0 amide bonds. The quantitative estimate of drug-likeness (QED) is 0.0781. The topological polar surface area (TPSA) is 159 Å². The molecule has 0 aliphatic rings. The molecule has 0 heterocycles. The van der Waals surface area contributed by atoms with E-state index < -0.39 is 36.6 Å². The largest absolute Gasteiger partial charge is 0.513 e. The first kappa shape index (κ1) is 36.5. The van der Waals surface area contributed by atoms with Crippen LogP contribution in [0.4, 0.5) is 14.4 Å². The second-order valence-corrected chi connectivity index (χ2v) is 9.77. The lowest BCUT2D eigenvalue weighted by molar-refractivity contribution is -0.148. The Morgan fingerprint density at radius 1 is 0.690 bits per heavy atom. The van der Waals surface area contributed by atoms with Crippen molar-refractivity contribution in [1.29, 1.82) is 0 Å². The molecule has 0 radical (unpaired) electrons. The highest BCUT2D eigenvalue weighted by Gasteiger charge is 2.21. The number of benzene rings is 1. The summed E-state index contributed by atoms with van der Waals surface area (Å²) in [7, 11) is 0. The molecular weight excluding hydrogens is 550 g/mol. The van der Waals surface area contributed by atoms with Gasteiger partial charge in [-0.2, -0.15) is 0 Å². The highest BCUT2D eigenvalue weighted by molar-refractivity contribution is 5.76. The number of hydrogen-bond acceptors (Lipinski definition) is 12. The SMILES string of the molecule is CCCCCOC(=O)Oc1ccc(C[C@H](N)C(=O)OC[C@H](C)OC(=O)OCCCCC)cc1OC(=O)OCCCCC. The van der Waals surface area contributed by atoms with Gasteiger partial charge < -0.3 is 38.9 Å². The molecule has 0 bridgehead atoms.